The van der Waals surface area contributed by atoms with Crippen LogP contribution in [0.25, 0.3) is 0 Å². The fourth-order valence-corrected chi connectivity index (χ4v) is 1.92. The van der Waals surface area contributed by atoms with E-state index in [0.717, 1.165) is 0 Å². The predicted octanol–water partition coefficient (Wildman–Crippen LogP) is 2.58. The quantitative estimate of drug-likeness (QED) is 0.798. The van der Waals surface area contributed by atoms with Gasteiger partial charge in [-0.25, -0.2) is 0 Å². The molecule has 4 nitrogen and oxygen atoms in total. The number of phenols is 1. The second-order valence-electron chi connectivity index (χ2n) is 5.20. The number of halogens is 1. The number of nitrogens with one attached hydrogen (secondary N) is 1. The first-order valence-electron chi connectivity index (χ1n) is 5.74. The molecule has 1 aromatic rings. The van der Waals surface area contributed by atoms with E-state index in [9.17, 15) is 10.2 Å². The van der Waals surface area contributed by atoms with Crippen LogP contribution < -0.4 is 10.1 Å². The van der Waals surface area contributed by atoms with Gasteiger partial charge >= 0.3 is 0 Å². The van der Waals surface area contributed by atoms with E-state index < -0.39 is 6.10 Å². The van der Waals surface area contributed by atoms with Gasteiger partial charge in [0.1, 0.15) is 0 Å². The molecule has 102 valence electrons. The molecule has 0 aliphatic rings. The van der Waals surface area contributed by atoms with Crippen molar-refractivity contribution >= 4 is 15.9 Å². The largest absolute Gasteiger partial charge is 0.503 e. The van der Waals surface area contributed by atoms with Crippen molar-refractivity contribution in [2.45, 2.75) is 32.4 Å². The van der Waals surface area contributed by atoms with Crippen molar-refractivity contribution in [3.05, 3.63) is 22.2 Å². The lowest BCUT2D eigenvalue weighted by atomic mass is 10.1. The van der Waals surface area contributed by atoms with Gasteiger partial charge in [-0.15, -0.1) is 0 Å². The van der Waals surface area contributed by atoms with Crippen LogP contribution in [0.2, 0.25) is 0 Å². The number of benzene rings is 1. The van der Waals surface area contributed by atoms with Crippen molar-refractivity contribution in [3.8, 4) is 11.5 Å². The molecular weight excluding hydrogens is 298 g/mol. The number of phenolic OH excluding ortho intramolecular Hbond substituents is 1. The Hall–Kier alpha value is -0.780. The van der Waals surface area contributed by atoms with E-state index in [1.807, 2.05) is 20.8 Å². The van der Waals surface area contributed by atoms with Gasteiger partial charge in [0.15, 0.2) is 11.5 Å². The molecule has 0 bridgehead atoms. The molecule has 0 spiro atoms. The van der Waals surface area contributed by atoms with Gasteiger partial charge in [-0.05, 0) is 54.4 Å². The van der Waals surface area contributed by atoms with Crippen LogP contribution in [0.15, 0.2) is 16.6 Å². The molecule has 0 aliphatic heterocycles. The lowest BCUT2D eigenvalue weighted by Crippen LogP contribution is -2.38. The fourth-order valence-electron chi connectivity index (χ4n) is 1.46. The molecule has 18 heavy (non-hydrogen) atoms. The number of rotatable bonds is 4. The number of hydrogen-bond acceptors (Lipinski definition) is 4. The molecule has 0 heterocycles. The van der Waals surface area contributed by atoms with Gasteiger partial charge in [-0.1, -0.05) is 0 Å². The minimum absolute atomic E-state index is 0.0391. The van der Waals surface area contributed by atoms with Crippen LogP contribution in [0.5, 0.6) is 11.5 Å². The minimum atomic E-state index is -0.657. The molecule has 0 aliphatic carbocycles. The summed E-state index contributed by atoms with van der Waals surface area (Å²) in [5, 5.41) is 23.0. The smallest absolute Gasteiger partial charge is 0.172 e. The van der Waals surface area contributed by atoms with Crippen LogP contribution in [-0.2, 0) is 0 Å². The van der Waals surface area contributed by atoms with Crippen molar-refractivity contribution in [1.29, 1.82) is 0 Å². The van der Waals surface area contributed by atoms with Gasteiger partial charge in [-0.3, -0.25) is 0 Å². The van der Waals surface area contributed by atoms with E-state index in [2.05, 4.69) is 21.2 Å². The molecule has 1 rings (SSSR count). The second kappa shape index (κ2) is 5.91. The van der Waals surface area contributed by atoms with Gasteiger partial charge in [0.05, 0.1) is 17.7 Å². The van der Waals surface area contributed by atoms with E-state index in [-0.39, 0.29) is 11.3 Å². The van der Waals surface area contributed by atoms with Gasteiger partial charge < -0.3 is 20.3 Å². The maximum atomic E-state index is 10.1. The standard InChI is InChI=1S/C13H20BrNO3/c1-13(2,3)15-7-10(16)8-5-9(14)12(17)11(6-8)18-4/h5-6,10,15-17H,7H2,1-4H3. The number of β-amino-alcohol motifs (C(OH)–C–C–N with tert-alkyl or cyclic N) is 1. The molecule has 0 fully saturated rings. The maximum absolute atomic E-state index is 10.1. The summed E-state index contributed by atoms with van der Waals surface area (Å²) in [6.07, 6.45) is -0.657. The highest BCUT2D eigenvalue weighted by Crippen LogP contribution is 2.36. The molecule has 5 heteroatoms. The summed E-state index contributed by atoms with van der Waals surface area (Å²) < 4.78 is 5.56. The van der Waals surface area contributed by atoms with Gasteiger partial charge in [-0.2, -0.15) is 0 Å². The summed E-state index contributed by atoms with van der Waals surface area (Å²) in [5.74, 6) is 0.381. The summed E-state index contributed by atoms with van der Waals surface area (Å²) in [6, 6.07) is 3.32. The predicted molar refractivity (Wildman–Crippen MR) is 75.1 cm³/mol. The highest BCUT2D eigenvalue weighted by molar-refractivity contribution is 9.10. The molecule has 0 saturated heterocycles. The normalized spacial score (nSPS) is 13.4. The Balaban J connectivity index is 2.86. The Morgan fingerprint density at radius 2 is 2.00 bits per heavy atom. The van der Waals surface area contributed by atoms with Crippen LogP contribution >= 0.6 is 15.9 Å². The minimum Gasteiger partial charge on any atom is -0.503 e. The van der Waals surface area contributed by atoms with Gasteiger partial charge in [0.25, 0.3) is 0 Å². The second-order valence-corrected chi connectivity index (χ2v) is 6.05. The average Bonchev–Trinajstić information content (AvgIpc) is 2.28. The zero-order valence-electron chi connectivity index (χ0n) is 11.1. The fraction of sp³-hybridized carbons (Fsp3) is 0.538. The first-order chi connectivity index (χ1) is 8.24. The molecule has 0 amide bonds. The number of aromatic hydroxyl groups is 1. The first-order valence-corrected chi connectivity index (χ1v) is 6.53. The lowest BCUT2D eigenvalue weighted by Gasteiger charge is -2.23. The molecule has 1 aromatic carbocycles. The number of methoxy groups -OCH3 is 1. The Morgan fingerprint density at radius 3 is 2.50 bits per heavy atom. The third kappa shape index (κ3) is 4.15. The highest BCUT2D eigenvalue weighted by Gasteiger charge is 2.16. The van der Waals surface area contributed by atoms with Gasteiger partial charge in [0.2, 0.25) is 0 Å². The first kappa shape index (κ1) is 15.3. The van der Waals surface area contributed by atoms with E-state index in [1.165, 1.54) is 7.11 Å². The Bertz CT molecular complexity index is 415. The zero-order chi connectivity index (χ0) is 13.9. The average molecular weight is 318 g/mol. The molecule has 0 aromatic heterocycles. The van der Waals surface area contributed by atoms with Gasteiger partial charge in [0, 0.05) is 12.1 Å². The summed E-state index contributed by atoms with van der Waals surface area (Å²) in [6.45, 7) is 6.54. The van der Waals surface area contributed by atoms with Crippen LogP contribution in [0.1, 0.15) is 32.4 Å². The van der Waals surface area contributed by atoms with E-state index in [4.69, 9.17) is 4.74 Å². The molecular formula is C13H20BrNO3. The summed E-state index contributed by atoms with van der Waals surface area (Å²) in [4.78, 5) is 0. The number of ether oxygens (including phenoxy) is 1. The third-order valence-corrected chi connectivity index (χ3v) is 3.09. The van der Waals surface area contributed by atoms with E-state index in [1.54, 1.807) is 12.1 Å². The van der Waals surface area contributed by atoms with Crippen LogP contribution in [0, 0.1) is 0 Å². The van der Waals surface area contributed by atoms with Crippen molar-refractivity contribution in [2.24, 2.45) is 0 Å². The topological polar surface area (TPSA) is 61.7 Å². The van der Waals surface area contributed by atoms with Crippen LogP contribution in [0.4, 0.5) is 0 Å². The number of aliphatic hydroxyl groups excluding tert-OH is 1. The summed E-state index contributed by atoms with van der Waals surface area (Å²) >= 11 is 3.24. The number of hydrogen-bond donors (Lipinski definition) is 3. The van der Waals surface area contributed by atoms with Crippen molar-refractivity contribution in [2.75, 3.05) is 13.7 Å². The molecule has 3 N–H and O–H groups in total. The van der Waals surface area contributed by atoms with E-state index in [0.29, 0.717) is 22.3 Å². The monoisotopic (exact) mass is 317 g/mol. The molecule has 1 unspecified atom stereocenters. The molecule has 0 radical (unpaired) electrons. The van der Waals surface area contributed by atoms with Crippen molar-refractivity contribution in [3.63, 3.8) is 0 Å². The van der Waals surface area contributed by atoms with Crippen LogP contribution in [0.3, 0.4) is 0 Å². The molecule has 0 saturated carbocycles. The third-order valence-electron chi connectivity index (χ3n) is 2.48. The zero-order valence-corrected chi connectivity index (χ0v) is 12.7. The van der Waals surface area contributed by atoms with Crippen LogP contribution in [-0.4, -0.2) is 29.4 Å². The maximum Gasteiger partial charge on any atom is 0.172 e. The van der Waals surface area contributed by atoms with E-state index >= 15 is 0 Å². The highest BCUT2D eigenvalue weighted by atomic mass is 79.9. The Morgan fingerprint density at radius 1 is 1.39 bits per heavy atom. The molecule has 1 atom stereocenters. The summed E-state index contributed by atoms with van der Waals surface area (Å²) in [7, 11) is 1.48. The SMILES string of the molecule is COc1cc(C(O)CNC(C)(C)C)cc(Br)c1O. The van der Waals surface area contributed by atoms with Crippen molar-refractivity contribution in [1.82, 2.24) is 5.32 Å². The summed E-state index contributed by atoms with van der Waals surface area (Å²) in [5.41, 5.74) is 0.632. The van der Waals surface area contributed by atoms with Crippen molar-refractivity contribution < 1.29 is 14.9 Å². The number of aliphatic hydroxyl groups is 1. The Labute approximate surface area is 116 Å². The lowest BCUT2D eigenvalue weighted by molar-refractivity contribution is 0.163. The Kier molecular flexibility index (Phi) is 5.01.